The lowest BCUT2D eigenvalue weighted by Crippen LogP contribution is -2.27. The number of halogens is 3. The van der Waals surface area contributed by atoms with E-state index in [0.29, 0.717) is 6.61 Å². The molecule has 168 valence electrons. The van der Waals surface area contributed by atoms with E-state index < -0.39 is 28.8 Å². The second-order valence-electron chi connectivity index (χ2n) is 6.61. The number of ether oxygens (including phenoxy) is 2. The Bertz CT molecular complexity index is 1180. The van der Waals surface area contributed by atoms with E-state index in [1.54, 1.807) is 6.07 Å². The second kappa shape index (κ2) is 9.60. The Hall–Kier alpha value is -3.73. The van der Waals surface area contributed by atoms with Gasteiger partial charge in [-0.05, 0) is 37.3 Å². The number of hydrogen-bond donors (Lipinski definition) is 1. The maximum Gasteiger partial charge on any atom is 0.416 e. The molecule has 11 heteroatoms. The van der Waals surface area contributed by atoms with Crippen molar-refractivity contribution in [3.05, 3.63) is 75.8 Å². The molecule has 0 aliphatic rings. The Morgan fingerprint density at radius 3 is 2.66 bits per heavy atom. The number of carbonyl (C=O) groups excluding carboxylic acids is 1. The average molecular weight is 448 g/mol. The number of anilines is 1. The molecule has 0 bridgehead atoms. The highest BCUT2D eigenvalue weighted by Gasteiger charge is 2.30. The van der Waals surface area contributed by atoms with Crippen molar-refractivity contribution >= 4 is 11.6 Å². The lowest BCUT2D eigenvalue weighted by atomic mass is 10.2. The van der Waals surface area contributed by atoms with Gasteiger partial charge in [0.2, 0.25) is 11.3 Å². The molecular weight excluding hydrogens is 429 g/mol. The van der Waals surface area contributed by atoms with E-state index in [1.165, 1.54) is 38.4 Å². The topological polar surface area (TPSA) is 95.3 Å². The molecule has 2 aromatic heterocycles. The normalized spacial score (nSPS) is 11.3. The highest BCUT2D eigenvalue weighted by atomic mass is 19.4. The van der Waals surface area contributed by atoms with E-state index in [2.05, 4.69) is 15.4 Å². The molecule has 32 heavy (non-hydrogen) atoms. The number of alkyl halides is 3. The van der Waals surface area contributed by atoms with Gasteiger partial charge in [-0.25, -0.2) is 9.67 Å². The van der Waals surface area contributed by atoms with Crippen LogP contribution in [0, 0.1) is 6.92 Å². The van der Waals surface area contributed by atoms with Crippen LogP contribution in [0.3, 0.4) is 0 Å². The number of methoxy groups -OCH3 is 1. The van der Waals surface area contributed by atoms with E-state index >= 15 is 0 Å². The zero-order chi connectivity index (χ0) is 23.3. The molecule has 0 aliphatic heterocycles. The Kier molecular flexibility index (Phi) is 6.89. The highest BCUT2D eigenvalue weighted by molar-refractivity contribution is 6.03. The minimum Gasteiger partial charge on any atom is -0.474 e. The summed E-state index contributed by atoms with van der Waals surface area (Å²) in [5, 5.41) is 6.52. The van der Waals surface area contributed by atoms with Gasteiger partial charge in [-0.2, -0.15) is 18.3 Å². The molecule has 2 heterocycles. The third-order valence-electron chi connectivity index (χ3n) is 4.29. The first-order valence-electron chi connectivity index (χ1n) is 9.37. The van der Waals surface area contributed by atoms with Gasteiger partial charge in [-0.1, -0.05) is 6.07 Å². The number of amides is 1. The number of aromatic nitrogens is 3. The van der Waals surface area contributed by atoms with Gasteiger partial charge in [0, 0.05) is 25.1 Å². The summed E-state index contributed by atoms with van der Waals surface area (Å²) in [5.74, 6) is -0.747. The SMILES string of the molecule is COCCOc1ncccc1NC(=O)c1nn(-c2cccc(C(F)(F)F)c2)c(C)cc1=O. The van der Waals surface area contributed by atoms with Gasteiger partial charge in [0.05, 0.1) is 17.9 Å². The molecule has 1 amide bonds. The van der Waals surface area contributed by atoms with Crippen molar-refractivity contribution in [2.75, 3.05) is 25.6 Å². The maximum absolute atomic E-state index is 13.1. The third-order valence-corrected chi connectivity index (χ3v) is 4.29. The van der Waals surface area contributed by atoms with Crippen LogP contribution >= 0.6 is 0 Å². The van der Waals surface area contributed by atoms with E-state index in [-0.39, 0.29) is 29.6 Å². The van der Waals surface area contributed by atoms with E-state index in [9.17, 15) is 22.8 Å². The highest BCUT2D eigenvalue weighted by Crippen LogP contribution is 2.30. The Morgan fingerprint density at radius 1 is 1.16 bits per heavy atom. The van der Waals surface area contributed by atoms with Crippen LogP contribution in [-0.4, -0.2) is 41.0 Å². The fourth-order valence-electron chi connectivity index (χ4n) is 2.78. The van der Waals surface area contributed by atoms with E-state index in [4.69, 9.17) is 9.47 Å². The van der Waals surface area contributed by atoms with Crippen LogP contribution in [-0.2, 0) is 10.9 Å². The molecule has 0 radical (unpaired) electrons. The molecule has 0 fully saturated rings. The molecule has 0 atom stereocenters. The molecule has 0 saturated heterocycles. The first-order chi connectivity index (χ1) is 15.2. The van der Waals surface area contributed by atoms with Gasteiger partial charge in [0.1, 0.15) is 12.3 Å². The minimum atomic E-state index is -4.55. The molecular formula is C21H19F3N4O4. The molecule has 0 aliphatic carbocycles. The summed E-state index contributed by atoms with van der Waals surface area (Å²) in [6.07, 6.45) is -3.09. The van der Waals surface area contributed by atoms with E-state index in [0.717, 1.165) is 22.9 Å². The van der Waals surface area contributed by atoms with Crippen molar-refractivity contribution in [3.63, 3.8) is 0 Å². The summed E-state index contributed by atoms with van der Waals surface area (Å²) in [4.78, 5) is 29.2. The zero-order valence-electron chi connectivity index (χ0n) is 17.1. The summed E-state index contributed by atoms with van der Waals surface area (Å²) in [6, 6.07) is 8.62. The molecule has 0 spiro atoms. The second-order valence-corrected chi connectivity index (χ2v) is 6.61. The number of rotatable bonds is 7. The van der Waals surface area contributed by atoms with Crippen molar-refractivity contribution in [2.24, 2.45) is 0 Å². The number of carbonyl (C=O) groups is 1. The fraction of sp³-hybridized carbons (Fsp3) is 0.238. The summed E-state index contributed by atoms with van der Waals surface area (Å²) in [5.41, 5.74) is -1.56. The largest absolute Gasteiger partial charge is 0.474 e. The summed E-state index contributed by atoms with van der Waals surface area (Å²) < 4.78 is 50.7. The van der Waals surface area contributed by atoms with Crippen LogP contribution in [0.1, 0.15) is 21.7 Å². The van der Waals surface area contributed by atoms with Crippen molar-refractivity contribution in [3.8, 4) is 11.6 Å². The van der Waals surface area contributed by atoms with Crippen molar-refractivity contribution in [1.29, 1.82) is 0 Å². The van der Waals surface area contributed by atoms with Gasteiger partial charge in [0.25, 0.3) is 5.91 Å². The lowest BCUT2D eigenvalue weighted by Gasteiger charge is -2.14. The first kappa shape index (κ1) is 22.9. The molecule has 1 aromatic carbocycles. The van der Waals surface area contributed by atoms with Crippen LogP contribution < -0.4 is 15.5 Å². The van der Waals surface area contributed by atoms with Crippen molar-refractivity contribution in [1.82, 2.24) is 14.8 Å². The van der Waals surface area contributed by atoms with Gasteiger partial charge in [0.15, 0.2) is 5.69 Å². The number of nitrogens with one attached hydrogen (secondary N) is 1. The number of nitrogens with zero attached hydrogens (tertiary/aromatic N) is 3. The Labute approximate surface area is 180 Å². The van der Waals surface area contributed by atoms with E-state index in [1.807, 2.05) is 0 Å². The third kappa shape index (κ3) is 5.30. The predicted molar refractivity (Wildman–Crippen MR) is 109 cm³/mol. The molecule has 0 saturated carbocycles. The summed E-state index contributed by atoms with van der Waals surface area (Å²) in [6.45, 7) is 1.98. The van der Waals surface area contributed by atoms with Gasteiger partial charge < -0.3 is 14.8 Å². The Balaban J connectivity index is 1.94. The minimum absolute atomic E-state index is 0.0522. The molecule has 8 nitrogen and oxygen atoms in total. The Morgan fingerprint density at radius 2 is 1.94 bits per heavy atom. The standard InChI is InChI=1S/C21H19F3N4O4/c1-13-11-17(29)18(27-28(13)15-6-3-5-14(12-15)21(22,23)24)19(30)26-16-7-4-8-25-20(16)32-10-9-31-2/h3-8,11-12H,9-10H2,1-2H3,(H,26,30). The van der Waals surface area contributed by atoms with Crippen LogP contribution in [0.4, 0.5) is 18.9 Å². The summed E-state index contributed by atoms with van der Waals surface area (Å²) >= 11 is 0. The molecule has 1 N–H and O–H groups in total. The zero-order valence-corrected chi connectivity index (χ0v) is 17.1. The lowest BCUT2D eigenvalue weighted by molar-refractivity contribution is -0.137. The van der Waals surface area contributed by atoms with Crippen LogP contribution in [0.5, 0.6) is 5.88 Å². The first-order valence-corrected chi connectivity index (χ1v) is 9.37. The van der Waals surface area contributed by atoms with Crippen LogP contribution in [0.2, 0.25) is 0 Å². The van der Waals surface area contributed by atoms with Gasteiger partial charge >= 0.3 is 6.18 Å². The smallest absolute Gasteiger partial charge is 0.416 e. The molecule has 3 aromatic rings. The summed E-state index contributed by atoms with van der Waals surface area (Å²) in [7, 11) is 1.50. The molecule has 0 unspecified atom stereocenters. The van der Waals surface area contributed by atoms with Crippen molar-refractivity contribution < 1.29 is 27.4 Å². The molecule has 3 rings (SSSR count). The van der Waals surface area contributed by atoms with Crippen LogP contribution in [0.25, 0.3) is 5.69 Å². The monoisotopic (exact) mass is 448 g/mol. The average Bonchev–Trinajstić information content (AvgIpc) is 2.74. The number of benzene rings is 1. The quantitative estimate of drug-likeness (QED) is 0.558. The number of pyridine rings is 1. The number of aryl methyl sites for hydroxylation is 1. The van der Waals surface area contributed by atoms with Gasteiger partial charge in [-0.3, -0.25) is 9.59 Å². The van der Waals surface area contributed by atoms with Crippen LogP contribution in [0.15, 0.2) is 53.5 Å². The van der Waals surface area contributed by atoms with Gasteiger partial charge in [-0.15, -0.1) is 0 Å². The number of hydrogen-bond acceptors (Lipinski definition) is 6. The fourth-order valence-corrected chi connectivity index (χ4v) is 2.78. The maximum atomic E-state index is 13.1. The predicted octanol–water partition coefficient (Wildman–Crippen LogP) is 3.23. The van der Waals surface area contributed by atoms with Crippen molar-refractivity contribution in [2.45, 2.75) is 13.1 Å².